The number of benzene rings is 1. The first kappa shape index (κ1) is 16.1. The molecule has 0 fully saturated rings. The van der Waals surface area contributed by atoms with Crippen LogP contribution in [0.5, 0.6) is 5.75 Å². The van der Waals surface area contributed by atoms with Crippen LogP contribution in [0.15, 0.2) is 24.3 Å². The van der Waals surface area contributed by atoms with Gasteiger partial charge in [0.2, 0.25) is 0 Å². The molecule has 3 heteroatoms. The molecule has 0 bridgehead atoms. The van der Waals surface area contributed by atoms with Crippen LogP contribution in [0.2, 0.25) is 0 Å². The first-order valence-electron chi connectivity index (χ1n) is 4.43. The summed E-state index contributed by atoms with van der Waals surface area (Å²) in [5.74, 6) is 0.317. The predicted octanol–water partition coefficient (Wildman–Crippen LogP) is 2.30. The molecule has 0 aliphatic rings. The van der Waals surface area contributed by atoms with Crippen molar-refractivity contribution in [1.82, 2.24) is 0 Å². The molecule has 0 aliphatic carbocycles. The fourth-order valence-electron chi connectivity index (χ4n) is 0.772. The van der Waals surface area contributed by atoms with Gasteiger partial charge in [0.05, 0.1) is 0 Å². The molecule has 74 valence electrons. The van der Waals surface area contributed by atoms with Gasteiger partial charge in [0.15, 0.2) is 0 Å². The number of rotatable bonds is 1. The summed E-state index contributed by atoms with van der Waals surface area (Å²) in [6.07, 6.45) is 0. The second kappa shape index (κ2) is 9.25. The van der Waals surface area contributed by atoms with E-state index in [2.05, 4.69) is 0 Å². The quantitative estimate of drug-likeness (QED) is 0.398. The van der Waals surface area contributed by atoms with Crippen LogP contribution >= 0.6 is 0 Å². The monoisotopic (exact) mass is 204 g/mol. The first-order chi connectivity index (χ1) is 6.18. The number of aryl methyl sites for hydroxylation is 1. The number of ether oxygens (including phenoxy) is 1. The number of hydrogen-bond donors (Lipinski definition) is 0. The van der Waals surface area contributed by atoms with Crippen molar-refractivity contribution in [3.8, 4) is 5.75 Å². The van der Waals surface area contributed by atoms with Crippen molar-refractivity contribution in [3.05, 3.63) is 29.8 Å². The van der Waals surface area contributed by atoms with Crippen LogP contribution in [-0.2, 0) is 4.79 Å². The molecular weight excluding hydrogens is 187 g/mol. The van der Waals surface area contributed by atoms with Gasteiger partial charge in [-0.3, -0.25) is 4.79 Å². The molecule has 0 saturated carbocycles. The first-order valence-corrected chi connectivity index (χ1v) is 4.43. The summed E-state index contributed by atoms with van der Waals surface area (Å²) >= 11 is 0. The summed E-state index contributed by atoms with van der Waals surface area (Å²) in [6.45, 7) is 7.37. The van der Waals surface area contributed by atoms with E-state index in [-0.39, 0.29) is 35.5 Å². The Bertz CT molecular complexity index is 254. The summed E-state index contributed by atoms with van der Waals surface area (Å²) in [5, 5.41) is 0. The molecule has 0 spiro atoms. The van der Waals surface area contributed by atoms with Crippen molar-refractivity contribution in [3.63, 3.8) is 0 Å². The summed E-state index contributed by atoms with van der Waals surface area (Å²) < 4.78 is 4.83. The van der Waals surface area contributed by atoms with E-state index in [9.17, 15) is 4.79 Å². The standard InChI is InChI=1S/C9H10O2.C2H6.Na.H/c1-7-3-5-9(6-4-7)11-8(2)10;1-2;;/h3-6H,1-2H3;1-2H3;;. The maximum absolute atomic E-state index is 10.5. The van der Waals surface area contributed by atoms with Gasteiger partial charge in [0, 0.05) is 6.92 Å². The van der Waals surface area contributed by atoms with Gasteiger partial charge in [-0.2, -0.15) is 0 Å². The molecule has 0 amide bonds. The van der Waals surface area contributed by atoms with Gasteiger partial charge < -0.3 is 4.74 Å². The average molecular weight is 204 g/mol. The van der Waals surface area contributed by atoms with Gasteiger partial charge in [-0.25, -0.2) is 0 Å². The van der Waals surface area contributed by atoms with Gasteiger partial charge >= 0.3 is 35.5 Å². The molecule has 0 heterocycles. The Kier molecular flexibility index (Phi) is 10.7. The van der Waals surface area contributed by atoms with E-state index in [4.69, 9.17) is 4.74 Å². The molecule has 1 rings (SSSR count). The average Bonchev–Trinajstić information content (AvgIpc) is 2.12. The third-order valence-corrected chi connectivity index (χ3v) is 1.28. The third-order valence-electron chi connectivity index (χ3n) is 1.28. The van der Waals surface area contributed by atoms with Crippen molar-refractivity contribution in [1.29, 1.82) is 0 Å². The zero-order valence-electron chi connectivity index (χ0n) is 8.63. The number of hydrogen-bond acceptors (Lipinski definition) is 2. The van der Waals surface area contributed by atoms with E-state index in [0.717, 1.165) is 5.56 Å². The molecular formula is C11H17NaO2. The van der Waals surface area contributed by atoms with Gasteiger partial charge in [0.1, 0.15) is 5.75 Å². The summed E-state index contributed by atoms with van der Waals surface area (Å²) in [5.41, 5.74) is 1.15. The van der Waals surface area contributed by atoms with Gasteiger partial charge in [0.25, 0.3) is 0 Å². The topological polar surface area (TPSA) is 26.3 Å². The normalized spacial score (nSPS) is 7.71. The van der Waals surface area contributed by atoms with Crippen LogP contribution in [0.4, 0.5) is 0 Å². The SMILES string of the molecule is CC.CC(=O)Oc1ccc(C)cc1.[NaH]. The fourth-order valence-corrected chi connectivity index (χ4v) is 0.772. The molecule has 0 saturated heterocycles. The molecule has 2 nitrogen and oxygen atoms in total. The van der Waals surface area contributed by atoms with E-state index in [1.165, 1.54) is 6.92 Å². The summed E-state index contributed by atoms with van der Waals surface area (Å²) in [7, 11) is 0. The van der Waals surface area contributed by atoms with E-state index < -0.39 is 0 Å². The second-order valence-corrected chi connectivity index (χ2v) is 2.41. The molecule has 1 aromatic carbocycles. The van der Waals surface area contributed by atoms with Crippen molar-refractivity contribution >= 4 is 35.5 Å². The summed E-state index contributed by atoms with van der Waals surface area (Å²) in [4.78, 5) is 10.5. The van der Waals surface area contributed by atoms with Crippen LogP contribution < -0.4 is 4.74 Å². The van der Waals surface area contributed by atoms with Gasteiger partial charge in [-0.1, -0.05) is 31.5 Å². The zero-order valence-corrected chi connectivity index (χ0v) is 8.63. The van der Waals surface area contributed by atoms with E-state index in [0.29, 0.717) is 5.75 Å². The van der Waals surface area contributed by atoms with Crippen molar-refractivity contribution in [2.45, 2.75) is 27.7 Å². The van der Waals surface area contributed by atoms with Crippen LogP contribution in [-0.4, -0.2) is 35.5 Å². The Morgan fingerprint density at radius 1 is 1.14 bits per heavy atom. The van der Waals surface area contributed by atoms with E-state index in [1.807, 2.05) is 32.9 Å². The number of carbonyl (C=O) groups is 1. The van der Waals surface area contributed by atoms with Gasteiger partial charge in [-0.05, 0) is 19.1 Å². The minimum atomic E-state index is -0.283. The molecule has 0 aromatic heterocycles. The van der Waals surface area contributed by atoms with Crippen LogP contribution in [0.25, 0.3) is 0 Å². The van der Waals surface area contributed by atoms with Crippen molar-refractivity contribution < 1.29 is 9.53 Å². The third kappa shape index (κ3) is 7.13. The summed E-state index contributed by atoms with van der Waals surface area (Å²) in [6, 6.07) is 7.35. The predicted molar refractivity (Wildman–Crippen MR) is 61.0 cm³/mol. The minimum absolute atomic E-state index is 0. The Morgan fingerprint density at radius 2 is 1.57 bits per heavy atom. The van der Waals surface area contributed by atoms with Crippen molar-refractivity contribution in [2.24, 2.45) is 0 Å². The Balaban J connectivity index is 0. The maximum atomic E-state index is 10.5. The molecule has 0 aliphatic heterocycles. The molecule has 0 atom stereocenters. The van der Waals surface area contributed by atoms with Gasteiger partial charge in [-0.15, -0.1) is 0 Å². The Hall–Kier alpha value is -0.310. The van der Waals surface area contributed by atoms with E-state index >= 15 is 0 Å². The van der Waals surface area contributed by atoms with Crippen LogP contribution in [0.3, 0.4) is 0 Å². The fraction of sp³-hybridized carbons (Fsp3) is 0.364. The molecule has 14 heavy (non-hydrogen) atoms. The molecule has 1 aromatic rings. The number of esters is 1. The number of carbonyl (C=O) groups excluding carboxylic acids is 1. The Morgan fingerprint density at radius 3 is 1.93 bits per heavy atom. The molecule has 0 radical (unpaired) electrons. The van der Waals surface area contributed by atoms with Crippen LogP contribution in [0, 0.1) is 6.92 Å². The van der Waals surface area contributed by atoms with Crippen LogP contribution in [0.1, 0.15) is 26.3 Å². The molecule has 0 unspecified atom stereocenters. The van der Waals surface area contributed by atoms with E-state index in [1.54, 1.807) is 12.1 Å². The second-order valence-electron chi connectivity index (χ2n) is 2.41. The molecule has 0 N–H and O–H groups in total. The Labute approximate surface area is 108 Å². The van der Waals surface area contributed by atoms with Crippen molar-refractivity contribution in [2.75, 3.05) is 0 Å². The zero-order chi connectivity index (χ0) is 10.3.